The van der Waals surface area contributed by atoms with Gasteiger partial charge in [0.25, 0.3) is 11.5 Å². The Hall–Kier alpha value is -5.21. The number of aromatic nitrogens is 5. The van der Waals surface area contributed by atoms with Gasteiger partial charge in [-0.25, -0.2) is 4.98 Å². The zero-order valence-corrected chi connectivity index (χ0v) is 22.7. The second-order valence-electron chi connectivity index (χ2n) is 8.86. The fraction of sp³-hybridized carbons (Fsp3) is 0.138. The van der Waals surface area contributed by atoms with E-state index in [1.807, 2.05) is 30.3 Å². The van der Waals surface area contributed by atoms with Crippen LogP contribution in [-0.2, 0) is 7.05 Å². The first-order chi connectivity index (χ1) is 19.4. The molecule has 3 aromatic heterocycles. The minimum Gasteiger partial charge on any atom is -0.381 e. The fourth-order valence-electron chi connectivity index (χ4n) is 4.35. The van der Waals surface area contributed by atoms with Gasteiger partial charge in [-0.1, -0.05) is 36.3 Å². The van der Waals surface area contributed by atoms with Crippen molar-refractivity contribution in [2.45, 2.75) is 13.0 Å². The van der Waals surface area contributed by atoms with E-state index in [1.54, 1.807) is 50.0 Å². The predicted molar refractivity (Wildman–Crippen MR) is 158 cm³/mol. The zero-order chi connectivity index (χ0) is 28.2. The number of amides is 1. The second-order valence-corrected chi connectivity index (χ2v) is 9.75. The van der Waals surface area contributed by atoms with E-state index >= 15 is 0 Å². The molecular formula is C29H26N8O2S. The number of fused-ring (bicyclic) bond motifs is 1. The molecule has 0 fully saturated rings. The van der Waals surface area contributed by atoms with E-state index in [2.05, 4.69) is 39.1 Å². The Kier molecular flexibility index (Phi) is 7.43. The molecule has 1 amide bonds. The van der Waals surface area contributed by atoms with Crippen LogP contribution in [0.5, 0.6) is 0 Å². The van der Waals surface area contributed by atoms with Gasteiger partial charge >= 0.3 is 0 Å². The molecule has 11 heteroatoms. The summed E-state index contributed by atoms with van der Waals surface area (Å²) in [5, 5.41) is 10.6. The number of nitrogen functional groups attached to an aromatic ring is 1. The summed E-state index contributed by atoms with van der Waals surface area (Å²) in [4.78, 5) is 37.2. The molecule has 40 heavy (non-hydrogen) atoms. The minimum atomic E-state index is -0.677. The summed E-state index contributed by atoms with van der Waals surface area (Å²) in [6.45, 7) is 5.89. The third-order valence-electron chi connectivity index (χ3n) is 6.14. The summed E-state index contributed by atoms with van der Waals surface area (Å²) in [5.41, 5.74) is 9.33. The molecule has 0 radical (unpaired) electrons. The van der Waals surface area contributed by atoms with Gasteiger partial charge in [-0.2, -0.15) is 5.10 Å². The molecule has 1 unspecified atom stereocenters. The highest BCUT2D eigenvalue weighted by molar-refractivity contribution is 7.10. The van der Waals surface area contributed by atoms with Gasteiger partial charge in [-0.3, -0.25) is 23.8 Å². The maximum absolute atomic E-state index is 14.1. The van der Waals surface area contributed by atoms with Crippen molar-refractivity contribution >= 4 is 39.8 Å². The molecule has 3 heterocycles. The molecule has 5 aromatic rings. The number of carbonyl (C=O) groups excluding carboxylic acids is 1. The third kappa shape index (κ3) is 5.08. The smallest absolute Gasteiger partial charge is 0.267 e. The van der Waals surface area contributed by atoms with Crippen molar-refractivity contribution < 1.29 is 4.79 Å². The van der Waals surface area contributed by atoms with E-state index in [0.29, 0.717) is 40.3 Å². The summed E-state index contributed by atoms with van der Waals surface area (Å²) in [5.74, 6) is 6.61. The molecule has 200 valence electrons. The van der Waals surface area contributed by atoms with Crippen molar-refractivity contribution in [2.24, 2.45) is 7.05 Å². The molecule has 4 N–H and O–H groups in total. The van der Waals surface area contributed by atoms with Gasteiger partial charge in [0.1, 0.15) is 17.2 Å². The zero-order valence-electron chi connectivity index (χ0n) is 21.9. The lowest BCUT2D eigenvalue weighted by Gasteiger charge is -2.20. The SMILES string of the molecule is C=CCNc1c(C(=O)NC(C)c2nc3cccc(C#Cc4cncs4)c3c(=O)n2-c2ccccc2)c(N)nn1C. The van der Waals surface area contributed by atoms with E-state index in [0.717, 1.165) is 4.88 Å². The van der Waals surface area contributed by atoms with Gasteiger partial charge in [0.2, 0.25) is 0 Å². The number of nitrogens with one attached hydrogen (secondary N) is 2. The highest BCUT2D eigenvalue weighted by Gasteiger charge is 2.25. The molecular weight excluding hydrogens is 524 g/mol. The Morgan fingerprint density at radius 1 is 1.20 bits per heavy atom. The Morgan fingerprint density at radius 3 is 2.73 bits per heavy atom. The third-order valence-corrected chi connectivity index (χ3v) is 6.83. The van der Waals surface area contributed by atoms with Crippen molar-refractivity contribution in [1.82, 2.24) is 29.6 Å². The lowest BCUT2D eigenvalue weighted by molar-refractivity contribution is 0.0939. The number of hydrogen-bond acceptors (Lipinski definition) is 8. The van der Waals surface area contributed by atoms with Crippen LogP contribution in [0.15, 0.2) is 77.7 Å². The summed E-state index contributed by atoms with van der Waals surface area (Å²) in [6.07, 6.45) is 3.35. The van der Waals surface area contributed by atoms with Gasteiger partial charge in [0.15, 0.2) is 5.82 Å². The summed E-state index contributed by atoms with van der Waals surface area (Å²) in [7, 11) is 1.69. The molecule has 0 saturated heterocycles. The standard InChI is InChI=1S/C29H26N8O2S/c1-4-15-32-27-24(25(30)35-36(27)3)28(38)33-18(2)26-34-22-12-8-9-19(13-14-21-16-31-17-40-21)23(22)29(39)37(26)20-10-6-5-7-11-20/h4-12,16-18,32H,1,15H2,2-3H3,(H2,30,35)(H,33,38). The van der Waals surface area contributed by atoms with Crippen LogP contribution in [0.1, 0.15) is 39.6 Å². The molecule has 0 aliphatic rings. The maximum atomic E-state index is 14.1. The number of carbonyl (C=O) groups is 1. The number of thiazole rings is 1. The number of nitrogens with two attached hydrogens (primary N) is 1. The lowest BCUT2D eigenvalue weighted by Crippen LogP contribution is -2.34. The van der Waals surface area contributed by atoms with Gasteiger partial charge in [0.05, 0.1) is 39.2 Å². The van der Waals surface area contributed by atoms with Gasteiger partial charge < -0.3 is 16.4 Å². The Labute approximate surface area is 234 Å². The fourth-order valence-corrected chi connectivity index (χ4v) is 4.82. The predicted octanol–water partition coefficient (Wildman–Crippen LogP) is 3.65. The number of nitrogens with zero attached hydrogens (tertiary/aromatic N) is 5. The Balaban J connectivity index is 1.62. The van der Waals surface area contributed by atoms with E-state index in [9.17, 15) is 9.59 Å². The minimum absolute atomic E-state index is 0.0786. The highest BCUT2D eigenvalue weighted by Crippen LogP contribution is 2.24. The van der Waals surface area contributed by atoms with Crippen LogP contribution in [0.3, 0.4) is 0 Å². The first-order valence-electron chi connectivity index (χ1n) is 12.4. The van der Waals surface area contributed by atoms with E-state index in [4.69, 9.17) is 10.7 Å². The molecule has 1 atom stereocenters. The average molecular weight is 551 g/mol. The molecule has 0 spiro atoms. The van der Waals surface area contributed by atoms with Crippen LogP contribution in [0.4, 0.5) is 11.6 Å². The number of hydrogen-bond donors (Lipinski definition) is 3. The Morgan fingerprint density at radius 2 is 2.00 bits per heavy atom. The van der Waals surface area contributed by atoms with Crippen LogP contribution < -0.4 is 21.9 Å². The first kappa shape index (κ1) is 26.4. The summed E-state index contributed by atoms with van der Waals surface area (Å²) < 4.78 is 3.01. The number of rotatable bonds is 7. The molecule has 5 rings (SSSR count). The molecule has 0 aliphatic carbocycles. The van der Waals surface area contributed by atoms with Crippen molar-refractivity contribution in [3.05, 3.63) is 105 Å². The quantitative estimate of drug-likeness (QED) is 0.208. The van der Waals surface area contributed by atoms with Crippen LogP contribution in [0.25, 0.3) is 16.6 Å². The number of para-hydroxylation sites is 1. The second kappa shape index (κ2) is 11.3. The van der Waals surface area contributed by atoms with Gasteiger partial charge in [-0.15, -0.1) is 17.9 Å². The lowest BCUT2D eigenvalue weighted by atomic mass is 10.1. The van der Waals surface area contributed by atoms with Crippen molar-refractivity contribution in [1.29, 1.82) is 0 Å². The van der Waals surface area contributed by atoms with E-state index in [1.165, 1.54) is 20.6 Å². The van der Waals surface area contributed by atoms with Crippen molar-refractivity contribution in [3.63, 3.8) is 0 Å². The summed E-state index contributed by atoms with van der Waals surface area (Å²) >= 11 is 1.42. The molecule has 0 saturated carbocycles. The number of benzene rings is 2. The van der Waals surface area contributed by atoms with Crippen LogP contribution in [0.2, 0.25) is 0 Å². The molecule has 2 aromatic carbocycles. The molecule has 0 bridgehead atoms. The largest absolute Gasteiger partial charge is 0.381 e. The average Bonchev–Trinajstić information content (AvgIpc) is 3.57. The number of anilines is 2. The monoisotopic (exact) mass is 550 g/mol. The van der Waals surface area contributed by atoms with Gasteiger partial charge in [-0.05, 0) is 37.1 Å². The van der Waals surface area contributed by atoms with Gasteiger partial charge in [0, 0.05) is 19.2 Å². The number of aryl methyl sites for hydroxylation is 1. The van der Waals surface area contributed by atoms with Crippen LogP contribution in [-0.4, -0.2) is 36.8 Å². The maximum Gasteiger partial charge on any atom is 0.267 e. The van der Waals surface area contributed by atoms with Crippen molar-refractivity contribution in [2.75, 3.05) is 17.6 Å². The topological polar surface area (TPSA) is 133 Å². The first-order valence-corrected chi connectivity index (χ1v) is 13.3. The molecule has 0 aliphatic heterocycles. The van der Waals surface area contributed by atoms with Crippen LogP contribution in [0, 0.1) is 11.8 Å². The Bertz CT molecular complexity index is 1830. The highest BCUT2D eigenvalue weighted by atomic mass is 32.1. The van der Waals surface area contributed by atoms with E-state index in [-0.39, 0.29) is 16.9 Å². The van der Waals surface area contributed by atoms with Crippen LogP contribution >= 0.6 is 11.3 Å². The normalized spacial score (nSPS) is 11.4. The summed E-state index contributed by atoms with van der Waals surface area (Å²) in [6, 6.07) is 13.8. The molecule has 10 nitrogen and oxygen atoms in total. The van der Waals surface area contributed by atoms with E-state index < -0.39 is 11.9 Å². The van der Waals surface area contributed by atoms with Crippen molar-refractivity contribution in [3.8, 4) is 17.5 Å².